The molecule has 1 fully saturated rings. The van der Waals surface area contributed by atoms with E-state index in [1.165, 1.54) is 12.8 Å². The number of aliphatic hydroxyl groups is 1. The molecule has 0 saturated heterocycles. The molecule has 0 aromatic carbocycles. The molecule has 2 atom stereocenters. The molecule has 0 spiro atoms. The first-order valence-electron chi connectivity index (χ1n) is 4.05. The Hall–Kier alpha value is -0.300. The quantitative estimate of drug-likeness (QED) is 0.553. The Bertz CT molecular complexity index is 129. The zero-order valence-electron chi connectivity index (χ0n) is 6.64. The van der Waals surface area contributed by atoms with E-state index in [1.54, 1.807) is 0 Å². The summed E-state index contributed by atoms with van der Waals surface area (Å²) in [6.07, 6.45) is 4.44. The van der Waals surface area contributed by atoms with Crippen LogP contribution in [-0.4, -0.2) is 11.2 Å². The molecule has 0 aromatic heterocycles. The maximum absolute atomic E-state index is 9.48. The van der Waals surface area contributed by atoms with Crippen LogP contribution in [0.25, 0.3) is 0 Å². The van der Waals surface area contributed by atoms with Crippen LogP contribution >= 0.6 is 0 Å². The maximum atomic E-state index is 9.48. The van der Waals surface area contributed by atoms with Crippen molar-refractivity contribution in [1.82, 2.24) is 0 Å². The van der Waals surface area contributed by atoms with Gasteiger partial charge < -0.3 is 5.11 Å². The van der Waals surface area contributed by atoms with Crippen LogP contribution in [0, 0.1) is 5.92 Å². The van der Waals surface area contributed by atoms with Gasteiger partial charge >= 0.3 is 0 Å². The number of hydrogen-bond acceptors (Lipinski definition) is 1. The Morgan fingerprint density at radius 3 is 2.40 bits per heavy atom. The third-order valence-corrected chi connectivity index (χ3v) is 2.36. The molecule has 10 heavy (non-hydrogen) atoms. The lowest BCUT2D eigenvalue weighted by molar-refractivity contribution is 0.0877. The molecule has 1 N–H and O–H groups in total. The van der Waals surface area contributed by atoms with Crippen molar-refractivity contribution >= 4 is 0 Å². The fraction of sp³-hybridized carbons (Fsp3) is 0.778. The van der Waals surface area contributed by atoms with Gasteiger partial charge in [-0.2, -0.15) is 0 Å². The van der Waals surface area contributed by atoms with Gasteiger partial charge in [-0.15, -0.1) is 0 Å². The van der Waals surface area contributed by atoms with Gasteiger partial charge in [-0.25, -0.2) is 0 Å². The lowest BCUT2D eigenvalue weighted by Crippen LogP contribution is -2.24. The summed E-state index contributed by atoms with van der Waals surface area (Å²) in [5.41, 5.74) is 1.15. The first-order valence-corrected chi connectivity index (χ1v) is 4.05. The Balaban J connectivity index is 2.47. The van der Waals surface area contributed by atoms with Gasteiger partial charge in [0.05, 0.1) is 6.10 Å². The molecule has 1 heteroatoms. The average molecular weight is 140 g/mol. The molecule has 0 aromatic rings. The maximum Gasteiger partial charge on any atom is 0.0605 e. The Kier molecular flexibility index (Phi) is 2.50. The minimum absolute atomic E-state index is 0.105. The zero-order valence-corrected chi connectivity index (χ0v) is 6.64. The highest BCUT2D eigenvalue weighted by Gasteiger charge is 2.22. The largest absolute Gasteiger partial charge is 0.393 e. The molecule has 0 unspecified atom stereocenters. The lowest BCUT2D eigenvalue weighted by atomic mass is 9.83. The predicted octanol–water partition coefficient (Wildman–Crippen LogP) is 2.11. The van der Waals surface area contributed by atoms with E-state index in [2.05, 4.69) is 6.58 Å². The molecule has 1 aliphatic rings. The fourth-order valence-corrected chi connectivity index (χ4v) is 1.69. The number of aliphatic hydroxyl groups excluding tert-OH is 1. The summed E-state index contributed by atoms with van der Waals surface area (Å²) in [5.74, 6) is 0.383. The standard InChI is InChI=1S/C9H16O/c1-7(2)8-5-3-4-6-9(8)10/h8-10H,1,3-6H2,2H3/t8-,9+/m0/s1. The van der Waals surface area contributed by atoms with Gasteiger partial charge in [0, 0.05) is 5.92 Å². The van der Waals surface area contributed by atoms with Gasteiger partial charge in [0.15, 0.2) is 0 Å². The van der Waals surface area contributed by atoms with Crippen LogP contribution in [0.15, 0.2) is 12.2 Å². The van der Waals surface area contributed by atoms with E-state index >= 15 is 0 Å². The highest BCUT2D eigenvalue weighted by molar-refractivity contribution is 5.00. The predicted molar refractivity (Wildman–Crippen MR) is 42.8 cm³/mol. The Morgan fingerprint density at radius 1 is 1.40 bits per heavy atom. The first kappa shape index (κ1) is 7.80. The molecule has 1 aliphatic carbocycles. The fourth-order valence-electron chi connectivity index (χ4n) is 1.69. The van der Waals surface area contributed by atoms with Crippen LogP contribution in [0.2, 0.25) is 0 Å². The van der Waals surface area contributed by atoms with Gasteiger partial charge in [0.25, 0.3) is 0 Å². The van der Waals surface area contributed by atoms with Gasteiger partial charge in [0.1, 0.15) is 0 Å². The van der Waals surface area contributed by atoms with E-state index in [4.69, 9.17) is 0 Å². The highest BCUT2D eigenvalue weighted by atomic mass is 16.3. The van der Waals surface area contributed by atoms with Crippen molar-refractivity contribution in [2.75, 3.05) is 0 Å². The molecule has 1 rings (SSSR count). The van der Waals surface area contributed by atoms with E-state index in [0.29, 0.717) is 5.92 Å². The molecular formula is C9H16O. The van der Waals surface area contributed by atoms with E-state index in [9.17, 15) is 5.11 Å². The summed E-state index contributed by atoms with van der Waals surface area (Å²) in [4.78, 5) is 0. The van der Waals surface area contributed by atoms with Crippen LogP contribution in [0.3, 0.4) is 0 Å². The van der Waals surface area contributed by atoms with E-state index in [-0.39, 0.29) is 6.10 Å². The van der Waals surface area contributed by atoms with E-state index < -0.39 is 0 Å². The van der Waals surface area contributed by atoms with Crippen LogP contribution < -0.4 is 0 Å². The molecular weight excluding hydrogens is 124 g/mol. The summed E-state index contributed by atoms with van der Waals surface area (Å²) in [6.45, 7) is 5.88. The zero-order chi connectivity index (χ0) is 7.56. The van der Waals surface area contributed by atoms with Crippen LogP contribution in [-0.2, 0) is 0 Å². The van der Waals surface area contributed by atoms with Crippen molar-refractivity contribution in [3.05, 3.63) is 12.2 Å². The van der Waals surface area contributed by atoms with Gasteiger partial charge in [-0.3, -0.25) is 0 Å². The molecule has 0 heterocycles. The smallest absolute Gasteiger partial charge is 0.0605 e. The highest BCUT2D eigenvalue weighted by Crippen LogP contribution is 2.28. The monoisotopic (exact) mass is 140 g/mol. The van der Waals surface area contributed by atoms with Crippen molar-refractivity contribution in [2.24, 2.45) is 5.92 Å². The van der Waals surface area contributed by atoms with Crippen LogP contribution in [0.5, 0.6) is 0 Å². The summed E-state index contributed by atoms with van der Waals surface area (Å²) in [6, 6.07) is 0. The molecule has 0 aliphatic heterocycles. The summed E-state index contributed by atoms with van der Waals surface area (Å²) in [7, 11) is 0. The van der Waals surface area contributed by atoms with Crippen molar-refractivity contribution in [3.63, 3.8) is 0 Å². The second-order valence-electron chi connectivity index (χ2n) is 3.30. The number of hydrogen-bond donors (Lipinski definition) is 1. The number of rotatable bonds is 1. The molecule has 0 bridgehead atoms. The van der Waals surface area contributed by atoms with Crippen LogP contribution in [0.4, 0.5) is 0 Å². The minimum atomic E-state index is -0.105. The Labute approximate surface area is 62.8 Å². The second kappa shape index (κ2) is 3.20. The topological polar surface area (TPSA) is 20.2 Å². The van der Waals surface area contributed by atoms with Crippen molar-refractivity contribution < 1.29 is 5.11 Å². The van der Waals surface area contributed by atoms with Crippen molar-refractivity contribution in [1.29, 1.82) is 0 Å². The lowest BCUT2D eigenvalue weighted by Gasteiger charge is -2.27. The molecule has 1 nitrogen and oxygen atoms in total. The average Bonchev–Trinajstić information content (AvgIpc) is 1.88. The summed E-state index contributed by atoms with van der Waals surface area (Å²) >= 11 is 0. The molecule has 0 radical (unpaired) electrons. The van der Waals surface area contributed by atoms with Crippen molar-refractivity contribution in [2.45, 2.75) is 38.7 Å². The summed E-state index contributed by atoms with van der Waals surface area (Å²) < 4.78 is 0. The second-order valence-corrected chi connectivity index (χ2v) is 3.30. The third-order valence-electron chi connectivity index (χ3n) is 2.36. The van der Waals surface area contributed by atoms with Crippen LogP contribution in [0.1, 0.15) is 32.6 Å². The van der Waals surface area contributed by atoms with Gasteiger partial charge in [0.2, 0.25) is 0 Å². The SMILES string of the molecule is C=C(C)[C@@H]1CCCC[C@H]1O. The van der Waals surface area contributed by atoms with Crippen molar-refractivity contribution in [3.8, 4) is 0 Å². The normalized spacial score (nSPS) is 33.8. The van der Waals surface area contributed by atoms with E-state index in [1.807, 2.05) is 6.92 Å². The van der Waals surface area contributed by atoms with Gasteiger partial charge in [-0.1, -0.05) is 25.0 Å². The van der Waals surface area contributed by atoms with Gasteiger partial charge in [-0.05, 0) is 19.8 Å². The molecule has 1 saturated carbocycles. The third kappa shape index (κ3) is 1.60. The summed E-state index contributed by atoms with van der Waals surface area (Å²) in [5, 5.41) is 9.48. The molecule has 58 valence electrons. The molecule has 0 amide bonds. The Morgan fingerprint density at radius 2 is 2.00 bits per heavy atom. The van der Waals surface area contributed by atoms with E-state index in [0.717, 1.165) is 18.4 Å². The minimum Gasteiger partial charge on any atom is -0.393 e. The first-order chi connectivity index (χ1) is 4.72.